The van der Waals surface area contributed by atoms with E-state index in [4.69, 9.17) is 0 Å². The first kappa shape index (κ1) is 9.25. The molecule has 1 aromatic rings. The van der Waals surface area contributed by atoms with E-state index in [9.17, 15) is 4.39 Å². The summed E-state index contributed by atoms with van der Waals surface area (Å²) in [7, 11) is 0. The third-order valence-electron chi connectivity index (χ3n) is 2.65. The molecular weight excluding hydrogens is 177 g/mol. The molecule has 1 heterocycles. The molecule has 0 amide bonds. The van der Waals surface area contributed by atoms with E-state index in [1.165, 1.54) is 18.5 Å². The van der Waals surface area contributed by atoms with Crippen LogP contribution in [0.4, 0.5) is 10.1 Å². The highest BCUT2D eigenvalue weighted by Crippen LogP contribution is 2.22. The fraction of sp³-hybridized carbons (Fsp3) is 0.333. The third-order valence-corrected chi connectivity index (χ3v) is 2.65. The predicted octanol–water partition coefficient (Wildman–Crippen LogP) is 3.23. The van der Waals surface area contributed by atoms with Gasteiger partial charge < -0.3 is 4.90 Å². The summed E-state index contributed by atoms with van der Waals surface area (Å²) in [5, 5.41) is 0. The van der Waals surface area contributed by atoms with Gasteiger partial charge in [0.2, 0.25) is 0 Å². The minimum absolute atomic E-state index is 0.363. The fourth-order valence-corrected chi connectivity index (χ4v) is 1.83. The first-order valence-electron chi connectivity index (χ1n) is 4.97. The van der Waals surface area contributed by atoms with Gasteiger partial charge in [0.1, 0.15) is 5.83 Å². The summed E-state index contributed by atoms with van der Waals surface area (Å²) in [6.45, 7) is 5.51. The lowest BCUT2D eigenvalue weighted by Crippen LogP contribution is -2.17. The average Bonchev–Trinajstić information content (AvgIpc) is 2.71. The van der Waals surface area contributed by atoms with Crippen molar-refractivity contribution >= 4 is 11.5 Å². The van der Waals surface area contributed by atoms with Crippen LogP contribution < -0.4 is 4.90 Å². The average molecular weight is 191 g/mol. The van der Waals surface area contributed by atoms with Crippen molar-refractivity contribution in [2.24, 2.45) is 0 Å². The molecular formula is C12H14FN. The molecule has 1 aromatic carbocycles. The lowest BCUT2D eigenvalue weighted by atomic mass is 10.2. The Morgan fingerprint density at radius 2 is 1.71 bits per heavy atom. The molecule has 2 heteroatoms. The van der Waals surface area contributed by atoms with E-state index < -0.39 is 0 Å². The molecule has 0 saturated carbocycles. The highest BCUT2D eigenvalue weighted by Gasteiger charge is 2.11. The molecule has 1 aliphatic heterocycles. The number of halogens is 1. The van der Waals surface area contributed by atoms with Crippen molar-refractivity contribution in [1.29, 1.82) is 0 Å². The van der Waals surface area contributed by atoms with E-state index in [-0.39, 0.29) is 5.83 Å². The van der Waals surface area contributed by atoms with Gasteiger partial charge in [0.25, 0.3) is 0 Å². The van der Waals surface area contributed by atoms with Crippen LogP contribution in [0.25, 0.3) is 5.83 Å². The minimum Gasteiger partial charge on any atom is -0.372 e. The zero-order valence-electron chi connectivity index (χ0n) is 8.17. The van der Waals surface area contributed by atoms with Gasteiger partial charge in [-0.3, -0.25) is 0 Å². The highest BCUT2D eigenvalue weighted by molar-refractivity contribution is 5.60. The second kappa shape index (κ2) is 3.82. The molecule has 14 heavy (non-hydrogen) atoms. The van der Waals surface area contributed by atoms with Crippen LogP contribution in [0.2, 0.25) is 0 Å². The van der Waals surface area contributed by atoms with Crippen LogP contribution in [0, 0.1) is 0 Å². The van der Waals surface area contributed by atoms with Crippen LogP contribution in [0.5, 0.6) is 0 Å². The van der Waals surface area contributed by atoms with Crippen LogP contribution in [0.15, 0.2) is 30.8 Å². The molecule has 0 spiro atoms. The molecule has 1 fully saturated rings. The fourth-order valence-electron chi connectivity index (χ4n) is 1.83. The van der Waals surface area contributed by atoms with Gasteiger partial charge >= 0.3 is 0 Å². The molecule has 0 aliphatic carbocycles. The molecule has 0 N–H and O–H groups in total. The Bertz CT molecular complexity index is 323. The molecule has 0 aromatic heterocycles. The SMILES string of the molecule is C=C(F)c1ccc(N2CCCC2)cc1. The minimum atomic E-state index is -0.363. The van der Waals surface area contributed by atoms with Crippen molar-refractivity contribution in [2.45, 2.75) is 12.8 Å². The van der Waals surface area contributed by atoms with Gasteiger partial charge in [0.05, 0.1) is 0 Å². The predicted molar refractivity (Wildman–Crippen MR) is 58.0 cm³/mol. The van der Waals surface area contributed by atoms with E-state index in [1.807, 2.05) is 12.1 Å². The molecule has 1 aliphatic rings. The summed E-state index contributed by atoms with van der Waals surface area (Å²) < 4.78 is 12.7. The summed E-state index contributed by atoms with van der Waals surface area (Å²) in [5.74, 6) is -0.363. The molecule has 1 nitrogen and oxygen atoms in total. The molecule has 1 saturated heterocycles. The maximum absolute atomic E-state index is 12.7. The van der Waals surface area contributed by atoms with Crippen molar-refractivity contribution in [3.8, 4) is 0 Å². The maximum atomic E-state index is 12.7. The highest BCUT2D eigenvalue weighted by atomic mass is 19.1. The third kappa shape index (κ3) is 1.79. The summed E-state index contributed by atoms with van der Waals surface area (Å²) in [6.07, 6.45) is 2.52. The molecule has 0 unspecified atom stereocenters. The van der Waals surface area contributed by atoms with Crippen molar-refractivity contribution in [3.05, 3.63) is 36.4 Å². The van der Waals surface area contributed by atoms with Crippen LogP contribution in [-0.4, -0.2) is 13.1 Å². The van der Waals surface area contributed by atoms with E-state index in [0.29, 0.717) is 5.56 Å². The smallest absolute Gasteiger partial charge is 0.123 e. The maximum Gasteiger partial charge on any atom is 0.123 e. The first-order valence-corrected chi connectivity index (χ1v) is 4.97. The Hall–Kier alpha value is -1.31. The van der Waals surface area contributed by atoms with E-state index >= 15 is 0 Å². The van der Waals surface area contributed by atoms with Gasteiger partial charge in [0, 0.05) is 24.3 Å². The van der Waals surface area contributed by atoms with Crippen LogP contribution in [0.1, 0.15) is 18.4 Å². The summed E-state index contributed by atoms with van der Waals surface area (Å²) >= 11 is 0. The van der Waals surface area contributed by atoms with Crippen molar-refractivity contribution in [1.82, 2.24) is 0 Å². The van der Waals surface area contributed by atoms with E-state index in [0.717, 1.165) is 13.1 Å². The van der Waals surface area contributed by atoms with Crippen LogP contribution in [-0.2, 0) is 0 Å². The number of nitrogens with zero attached hydrogens (tertiary/aromatic N) is 1. The topological polar surface area (TPSA) is 3.24 Å². The molecule has 0 radical (unpaired) electrons. The summed E-state index contributed by atoms with van der Waals surface area (Å²) in [5.41, 5.74) is 1.76. The second-order valence-electron chi connectivity index (χ2n) is 3.65. The Labute approximate surface area is 83.9 Å². The van der Waals surface area contributed by atoms with Gasteiger partial charge in [-0.05, 0) is 25.0 Å². The van der Waals surface area contributed by atoms with Crippen LogP contribution >= 0.6 is 0 Å². The zero-order valence-corrected chi connectivity index (χ0v) is 8.17. The number of hydrogen-bond donors (Lipinski definition) is 0. The second-order valence-corrected chi connectivity index (χ2v) is 3.65. The van der Waals surface area contributed by atoms with E-state index in [2.05, 4.69) is 11.5 Å². The quantitative estimate of drug-likeness (QED) is 0.693. The van der Waals surface area contributed by atoms with Gasteiger partial charge in [-0.1, -0.05) is 18.7 Å². The lowest BCUT2D eigenvalue weighted by molar-refractivity contribution is 0.763. The Morgan fingerprint density at radius 3 is 2.21 bits per heavy atom. The monoisotopic (exact) mass is 191 g/mol. The molecule has 0 bridgehead atoms. The number of rotatable bonds is 2. The van der Waals surface area contributed by atoms with Gasteiger partial charge in [0.15, 0.2) is 0 Å². The Morgan fingerprint density at radius 1 is 1.14 bits per heavy atom. The Kier molecular flexibility index (Phi) is 2.53. The van der Waals surface area contributed by atoms with Gasteiger partial charge in [-0.15, -0.1) is 0 Å². The zero-order chi connectivity index (χ0) is 9.97. The van der Waals surface area contributed by atoms with Crippen molar-refractivity contribution in [3.63, 3.8) is 0 Å². The molecule has 74 valence electrons. The largest absolute Gasteiger partial charge is 0.372 e. The van der Waals surface area contributed by atoms with Crippen molar-refractivity contribution < 1.29 is 4.39 Å². The lowest BCUT2D eigenvalue weighted by Gasteiger charge is -2.17. The summed E-state index contributed by atoms with van der Waals surface area (Å²) in [4.78, 5) is 2.32. The van der Waals surface area contributed by atoms with Crippen LogP contribution in [0.3, 0.4) is 0 Å². The van der Waals surface area contributed by atoms with E-state index in [1.54, 1.807) is 12.1 Å². The first-order chi connectivity index (χ1) is 6.77. The normalized spacial score (nSPS) is 15.9. The standard InChI is InChI=1S/C12H14FN/c1-10(13)11-4-6-12(7-5-11)14-8-2-3-9-14/h4-7H,1-3,8-9H2. The number of anilines is 1. The summed E-state index contributed by atoms with van der Waals surface area (Å²) in [6, 6.07) is 7.50. The number of benzene rings is 1. The Balaban J connectivity index is 2.16. The molecule has 0 atom stereocenters. The van der Waals surface area contributed by atoms with Gasteiger partial charge in [-0.25, -0.2) is 4.39 Å². The van der Waals surface area contributed by atoms with Gasteiger partial charge in [-0.2, -0.15) is 0 Å². The molecule has 2 rings (SSSR count). The number of hydrogen-bond acceptors (Lipinski definition) is 1. The van der Waals surface area contributed by atoms with Crippen molar-refractivity contribution in [2.75, 3.05) is 18.0 Å².